The molecule has 0 fully saturated rings. The second-order valence-electron chi connectivity index (χ2n) is 3.50. The lowest BCUT2D eigenvalue weighted by molar-refractivity contribution is -0.00422. The summed E-state index contributed by atoms with van der Waals surface area (Å²) in [6.07, 6.45) is 4.59. The van der Waals surface area contributed by atoms with Gasteiger partial charge in [0.15, 0.2) is 0 Å². The molecule has 0 aromatic carbocycles. The van der Waals surface area contributed by atoms with Crippen LogP contribution in [0.4, 0.5) is 0 Å². The summed E-state index contributed by atoms with van der Waals surface area (Å²) in [5.74, 6) is 0.993. The van der Waals surface area contributed by atoms with Crippen molar-refractivity contribution in [3.8, 4) is 0 Å². The molecule has 0 spiro atoms. The molecule has 1 N–H and O–H groups in total. The topological polar surface area (TPSA) is 47.3 Å². The van der Waals surface area contributed by atoms with E-state index in [0.29, 0.717) is 6.42 Å². The Balaban J connectivity index is 2.37. The summed E-state index contributed by atoms with van der Waals surface area (Å²) >= 11 is 0. The molecule has 4 heteroatoms. The highest BCUT2D eigenvalue weighted by Crippen LogP contribution is 2.07. The second-order valence-corrected chi connectivity index (χ2v) is 3.50. The maximum atomic E-state index is 9.65. The van der Waals surface area contributed by atoms with Crippen LogP contribution in [0.3, 0.4) is 0 Å². The Labute approximate surface area is 84.5 Å². The van der Waals surface area contributed by atoms with Crippen molar-refractivity contribution >= 4 is 0 Å². The number of aryl methyl sites for hydroxylation is 2. The Morgan fingerprint density at radius 1 is 1.64 bits per heavy atom. The van der Waals surface area contributed by atoms with E-state index in [1.165, 1.54) is 0 Å². The first-order valence-corrected chi connectivity index (χ1v) is 4.82. The first kappa shape index (κ1) is 11.2. The van der Waals surface area contributed by atoms with Gasteiger partial charge < -0.3 is 14.4 Å². The zero-order valence-electron chi connectivity index (χ0n) is 8.97. The first-order chi connectivity index (χ1) is 6.65. The number of hydrogen-bond acceptors (Lipinski definition) is 3. The van der Waals surface area contributed by atoms with E-state index in [1.807, 2.05) is 24.7 Å². The lowest BCUT2D eigenvalue weighted by Crippen LogP contribution is -2.25. The third-order valence-corrected chi connectivity index (χ3v) is 2.50. The van der Waals surface area contributed by atoms with E-state index in [0.717, 1.165) is 12.2 Å². The zero-order chi connectivity index (χ0) is 10.6. The molecule has 1 heterocycles. The molecule has 14 heavy (non-hydrogen) atoms. The monoisotopic (exact) mass is 198 g/mol. The van der Waals surface area contributed by atoms with E-state index in [1.54, 1.807) is 13.3 Å². The molecule has 1 aromatic rings. The van der Waals surface area contributed by atoms with Crippen molar-refractivity contribution in [1.29, 1.82) is 0 Å². The Morgan fingerprint density at radius 2 is 2.36 bits per heavy atom. The van der Waals surface area contributed by atoms with Gasteiger partial charge in [-0.1, -0.05) is 0 Å². The highest BCUT2D eigenvalue weighted by Gasteiger charge is 2.13. The summed E-state index contributed by atoms with van der Waals surface area (Å²) in [7, 11) is 3.56. The van der Waals surface area contributed by atoms with Crippen LogP contribution in [0, 0.1) is 0 Å². The third kappa shape index (κ3) is 2.82. The number of nitrogens with zero attached hydrogens (tertiary/aromatic N) is 2. The summed E-state index contributed by atoms with van der Waals surface area (Å²) in [6, 6.07) is 0. The summed E-state index contributed by atoms with van der Waals surface area (Å²) in [4.78, 5) is 4.18. The minimum absolute atomic E-state index is 0.115. The molecule has 0 saturated heterocycles. The molecular weight excluding hydrogens is 180 g/mol. The summed E-state index contributed by atoms with van der Waals surface area (Å²) in [5, 5.41) is 9.65. The van der Waals surface area contributed by atoms with Crippen LogP contribution in [-0.4, -0.2) is 34.0 Å². The molecule has 0 saturated carbocycles. The predicted octanol–water partition coefficient (Wildman–Crippen LogP) is 0.748. The molecule has 2 atom stereocenters. The van der Waals surface area contributed by atoms with Gasteiger partial charge in [0.05, 0.1) is 12.2 Å². The van der Waals surface area contributed by atoms with Gasteiger partial charge in [0, 0.05) is 33.0 Å². The summed E-state index contributed by atoms with van der Waals surface area (Å²) < 4.78 is 7.00. The standard InChI is InChI=1S/C10H18N2O2/c1-8(14-3)9(13)4-5-10-11-6-7-12(10)2/h6-9,13H,4-5H2,1-3H3. The zero-order valence-corrected chi connectivity index (χ0v) is 8.97. The summed E-state index contributed by atoms with van der Waals surface area (Å²) in [5.41, 5.74) is 0. The Bertz CT molecular complexity index is 273. The van der Waals surface area contributed by atoms with Crippen molar-refractivity contribution in [1.82, 2.24) is 9.55 Å². The van der Waals surface area contributed by atoms with Gasteiger partial charge in [0.2, 0.25) is 0 Å². The van der Waals surface area contributed by atoms with Crippen LogP contribution in [0.5, 0.6) is 0 Å². The molecule has 1 rings (SSSR count). The fraction of sp³-hybridized carbons (Fsp3) is 0.700. The van der Waals surface area contributed by atoms with E-state index >= 15 is 0 Å². The van der Waals surface area contributed by atoms with E-state index in [2.05, 4.69) is 4.98 Å². The third-order valence-electron chi connectivity index (χ3n) is 2.50. The number of rotatable bonds is 5. The molecule has 0 aliphatic heterocycles. The van der Waals surface area contributed by atoms with Crippen molar-refractivity contribution in [3.63, 3.8) is 0 Å². The van der Waals surface area contributed by atoms with Crippen molar-refractivity contribution in [2.24, 2.45) is 7.05 Å². The van der Waals surface area contributed by atoms with Crippen molar-refractivity contribution in [2.75, 3.05) is 7.11 Å². The van der Waals surface area contributed by atoms with Crippen LogP contribution in [0.2, 0.25) is 0 Å². The van der Waals surface area contributed by atoms with Crippen LogP contribution in [0.25, 0.3) is 0 Å². The number of aliphatic hydroxyl groups is 1. The normalized spacial score (nSPS) is 15.4. The fourth-order valence-electron chi connectivity index (χ4n) is 1.31. The van der Waals surface area contributed by atoms with Crippen LogP contribution >= 0.6 is 0 Å². The molecule has 0 aliphatic rings. The average molecular weight is 198 g/mol. The van der Waals surface area contributed by atoms with Crippen LogP contribution in [-0.2, 0) is 18.2 Å². The highest BCUT2D eigenvalue weighted by molar-refractivity contribution is 4.91. The molecule has 1 aromatic heterocycles. The number of aromatic nitrogens is 2. The lowest BCUT2D eigenvalue weighted by Gasteiger charge is -2.16. The number of aliphatic hydroxyl groups excluding tert-OH is 1. The smallest absolute Gasteiger partial charge is 0.108 e. The minimum atomic E-state index is -0.420. The molecule has 80 valence electrons. The van der Waals surface area contributed by atoms with Crippen molar-refractivity contribution in [3.05, 3.63) is 18.2 Å². The van der Waals surface area contributed by atoms with Crippen LogP contribution < -0.4 is 0 Å². The number of methoxy groups -OCH3 is 1. The molecule has 0 bridgehead atoms. The SMILES string of the molecule is COC(C)C(O)CCc1nccn1C. The molecule has 4 nitrogen and oxygen atoms in total. The van der Waals surface area contributed by atoms with E-state index < -0.39 is 6.10 Å². The minimum Gasteiger partial charge on any atom is -0.390 e. The van der Waals surface area contributed by atoms with E-state index in [4.69, 9.17) is 4.74 Å². The Hall–Kier alpha value is -0.870. The Morgan fingerprint density at radius 3 is 2.86 bits per heavy atom. The predicted molar refractivity (Wildman–Crippen MR) is 54.0 cm³/mol. The quantitative estimate of drug-likeness (QED) is 0.759. The number of imidazole rings is 1. The maximum Gasteiger partial charge on any atom is 0.108 e. The average Bonchev–Trinajstić information content (AvgIpc) is 2.59. The second kappa shape index (κ2) is 5.12. The Kier molecular flexibility index (Phi) is 4.10. The molecule has 0 aliphatic carbocycles. The van der Waals surface area contributed by atoms with Gasteiger partial charge in [-0.05, 0) is 13.3 Å². The van der Waals surface area contributed by atoms with Crippen molar-refractivity contribution < 1.29 is 9.84 Å². The van der Waals surface area contributed by atoms with Gasteiger partial charge in [-0.3, -0.25) is 0 Å². The van der Waals surface area contributed by atoms with Crippen LogP contribution in [0.15, 0.2) is 12.4 Å². The van der Waals surface area contributed by atoms with Gasteiger partial charge in [-0.15, -0.1) is 0 Å². The van der Waals surface area contributed by atoms with Gasteiger partial charge in [0.1, 0.15) is 5.82 Å². The maximum absolute atomic E-state index is 9.65. The van der Waals surface area contributed by atoms with Crippen LogP contribution in [0.1, 0.15) is 19.2 Å². The van der Waals surface area contributed by atoms with Gasteiger partial charge in [0.25, 0.3) is 0 Å². The first-order valence-electron chi connectivity index (χ1n) is 4.82. The molecule has 2 unspecified atom stereocenters. The van der Waals surface area contributed by atoms with Gasteiger partial charge in [-0.2, -0.15) is 0 Å². The highest BCUT2D eigenvalue weighted by atomic mass is 16.5. The molecule has 0 radical (unpaired) electrons. The largest absolute Gasteiger partial charge is 0.390 e. The summed E-state index contributed by atoms with van der Waals surface area (Å²) in [6.45, 7) is 1.86. The van der Waals surface area contributed by atoms with Gasteiger partial charge in [-0.25, -0.2) is 4.98 Å². The number of ether oxygens (including phenoxy) is 1. The van der Waals surface area contributed by atoms with E-state index in [9.17, 15) is 5.11 Å². The molecule has 0 amide bonds. The van der Waals surface area contributed by atoms with Crippen molar-refractivity contribution in [2.45, 2.75) is 32.0 Å². The van der Waals surface area contributed by atoms with Gasteiger partial charge >= 0.3 is 0 Å². The fourth-order valence-corrected chi connectivity index (χ4v) is 1.31. The number of hydrogen-bond donors (Lipinski definition) is 1. The lowest BCUT2D eigenvalue weighted by atomic mass is 10.1. The molecular formula is C10H18N2O2. The van der Waals surface area contributed by atoms with E-state index in [-0.39, 0.29) is 6.10 Å².